The number of carbonyl (C=O) groups is 1. The molecule has 0 aliphatic heterocycles. The number of nitrogens with one attached hydrogen (secondary N) is 1. The Labute approximate surface area is 150 Å². The van der Waals surface area contributed by atoms with Gasteiger partial charge in [0.05, 0.1) is 16.8 Å². The number of anilines is 1. The normalized spacial score (nSPS) is 10.6. The van der Waals surface area contributed by atoms with Crippen molar-refractivity contribution in [3.8, 4) is 11.5 Å². The zero-order valence-corrected chi connectivity index (χ0v) is 15.1. The molecule has 0 aliphatic carbocycles. The highest BCUT2D eigenvalue weighted by Gasteiger charge is 2.09. The molecule has 0 spiro atoms. The third-order valence-corrected chi connectivity index (χ3v) is 4.53. The van der Waals surface area contributed by atoms with E-state index in [0.717, 1.165) is 22.4 Å². The molecule has 0 unspecified atom stereocenters. The Hall–Kier alpha value is -2.60. The largest absolute Gasteiger partial charge is 0.494 e. The lowest BCUT2D eigenvalue weighted by Crippen LogP contribution is -2.20. The number of aromatic nitrogens is 1. The monoisotopic (exact) mass is 356 g/mol. The minimum absolute atomic E-state index is 0.0483. The highest BCUT2D eigenvalue weighted by Crippen LogP contribution is 2.29. The van der Waals surface area contributed by atoms with Crippen LogP contribution in [0.3, 0.4) is 0 Å². The van der Waals surface area contributed by atoms with Crippen LogP contribution in [0.4, 0.5) is 5.13 Å². The van der Waals surface area contributed by atoms with Gasteiger partial charge >= 0.3 is 0 Å². The number of nitrogens with zero attached hydrogens (tertiary/aromatic N) is 1. The molecule has 0 atom stereocenters. The van der Waals surface area contributed by atoms with Gasteiger partial charge in [-0.05, 0) is 49.2 Å². The van der Waals surface area contributed by atoms with Crippen LogP contribution in [0.2, 0.25) is 0 Å². The number of hydrogen-bond donors (Lipinski definition) is 1. The van der Waals surface area contributed by atoms with Crippen molar-refractivity contribution in [3.05, 3.63) is 48.0 Å². The van der Waals surface area contributed by atoms with E-state index in [4.69, 9.17) is 9.47 Å². The SMILES string of the molecule is CCOc1ccc2nc(NC(=O)COc3cccc(CC)c3)sc2c1. The number of hydrogen-bond acceptors (Lipinski definition) is 5. The summed E-state index contributed by atoms with van der Waals surface area (Å²) in [6, 6.07) is 13.4. The summed E-state index contributed by atoms with van der Waals surface area (Å²) >= 11 is 1.41. The predicted molar refractivity (Wildman–Crippen MR) is 101 cm³/mol. The molecule has 2 aromatic carbocycles. The van der Waals surface area contributed by atoms with Gasteiger partial charge in [0.15, 0.2) is 11.7 Å². The average Bonchev–Trinajstić information content (AvgIpc) is 3.02. The van der Waals surface area contributed by atoms with Crippen molar-refractivity contribution in [1.82, 2.24) is 4.98 Å². The average molecular weight is 356 g/mol. The van der Waals surface area contributed by atoms with Crippen molar-refractivity contribution < 1.29 is 14.3 Å². The van der Waals surface area contributed by atoms with Crippen LogP contribution in [0.25, 0.3) is 10.2 Å². The van der Waals surface area contributed by atoms with E-state index in [9.17, 15) is 4.79 Å². The third-order valence-electron chi connectivity index (χ3n) is 3.59. The summed E-state index contributed by atoms with van der Waals surface area (Å²) in [4.78, 5) is 16.5. The van der Waals surface area contributed by atoms with Crippen molar-refractivity contribution in [1.29, 1.82) is 0 Å². The van der Waals surface area contributed by atoms with Crippen LogP contribution in [0.1, 0.15) is 19.4 Å². The van der Waals surface area contributed by atoms with Crippen LogP contribution in [-0.2, 0) is 11.2 Å². The Balaban J connectivity index is 1.61. The molecule has 0 fully saturated rings. The molecule has 0 radical (unpaired) electrons. The lowest BCUT2D eigenvalue weighted by Gasteiger charge is -2.06. The third kappa shape index (κ3) is 4.48. The highest BCUT2D eigenvalue weighted by atomic mass is 32.1. The van der Waals surface area contributed by atoms with E-state index in [2.05, 4.69) is 17.2 Å². The van der Waals surface area contributed by atoms with Crippen molar-refractivity contribution in [2.45, 2.75) is 20.3 Å². The minimum Gasteiger partial charge on any atom is -0.494 e. The minimum atomic E-state index is -0.231. The Morgan fingerprint density at radius 3 is 2.76 bits per heavy atom. The van der Waals surface area contributed by atoms with Gasteiger partial charge in [-0.25, -0.2) is 4.98 Å². The van der Waals surface area contributed by atoms with E-state index < -0.39 is 0 Å². The second-order valence-electron chi connectivity index (χ2n) is 5.42. The molecule has 0 aliphatic rings. The smallest absolute Gasteiger partial charge is 0.264 e. The van der Waals surface area contributed by atoms with Crippen LogP contribution in [0.5, 0.6) is 11.5 Å². The van der Waals surface area contributed by atoms with Gasteiger partial charge in [0.25, 0.3) is 5.91 Å². The fourth-order valence-electron chi connectivity index (χ4n) is 2.37. The summed E-state index contributed by atoms with van der Waals surface area (Å²) in [6.45, 7) is 4.59. The molecule has 0 saturated carbocycles. The maximum absolute atomic E-state index is 12.1. The number of aryl methyl sites for hydroxylation is 1. The van der Waals surface area contributed by atoms with Crippen molar-refractivity contribution in [3.63, 3.8) is 0 Å². The maximum atomic E-state index is 12.1. The number of amides is 1. The molecule has 5 nitrogen and oxygen atoms in total. The lowest BCUT2D eigenvalue weighted by molar-refractivity contribution is -0.118. The first kappa shape index (κ1) is 17.2. The number of ether oxygens (including phenoxy) is 2. The Bertz CT molecular complexity index is 876. The summed E-state index contributed by atoms with van der Waals surface area (Å²) in [6.07, 6.45) is 0.929. The van der Waals surface area contributed by atoms with Crippen LogP contribution in [0, 0.1) is 0 Å². The number of rotatable bonds is 7. The zero-order chi connectivity index (χ0) is 17.6. The van der Waals surface area contributed by atoms with Gasteiger partial charge in [0.1, 0.15) is 11.5 Å². The Morgan fingerprint density at radius 2 is 1.96 bits per heavy atom. The summed E-state index contributed by atoms with van der Waals surface area (Å²) in [5, 5.41) is 3.34. The molecular weight excluding hydrogens is 336 g/mol. The number of fused-ring (bicyclic) bond motifs is 1. The van der Waals surface area contributed by atoms with Gasteiger partial charge in [-0.15, -0.1) is 0 Å². The first-order valence-corrected chi connectivity index (χ1v) is 9.04. The van der Waals surface area contributed by atoms with Crippen molar-refractivity contribution >= 4 is 32.6 Å². The van der Waals surface area contributed by atoms with Crippen LogP contribution in [-0.4, -0.2) is 24.1 Å². The summed E-state index contributed by atoms with van der Waals surface area (Å²) < 4.78 is 12.0. The molecule has 3 aromatic rings. The molecular formula is C19H20N2O3S. The first-order valence-electron chi connectivity index (χ1n) is 8.23. The predicted octanol–water partition coefficient (Wildman–Crippen LogP) is 4.27. The van der Waals surface area contributed by atoms with E-state index in [1.54, 1.807) is 0 Å². The van der Waals surface area contributed by atoms with Crippen LogP contribution < -0.4 is 14.8 Å². The fourth-order valence-corrected chi connectivity index (χ4v) is 3.28. The van der Waals surface area contributed by atoms with Crippen molar-refractivity contribution in [2.75, 3.05) is 18.5 Å². The summed E-state index contributed by atoms with van der Waals surface area (Å²) in [5.41, 5.74) is 2.01. The summed E-state index contributed by atoms with van der Waals surface area (Å²) in [7, 11) is 0. The molecule has 25 heavy (non-hydrogen) atoms. The molecule has 1 heterocycles. The summed E-state index contributed by atoms with van der Waals surface area (Å²) in [5.74, 6) is 1.27. The topological polar surface area (TPSA) is 60.5 Å². The van der Waals surface area contributed by atoms with Crippen LogP contribution in [0.15, 0.2) is 42.5 Å². The molecule has 1 amide bonds. The maximum Gasteiger partial charge on any atom is 0.264 e. The van der Waals surface area contributed by atoms with Crippen molar-refractivity contribution in [2.24, 2.45) is 0 Å². The number of thiazole rings is 1. The number of benzene rings is 2. The molecule has 130 valence electrons. The molecule has 1 aromatic heterocycles. The quantitative estimate of drug-likeness (QED) is 0.686. The standard InChI is InChI=1S/C19H20N2O3S/c1-3-13-6-5-7-14(10-13)24-12-18(22)21-19-20-16-9-8-15(23-4-2)11-17(16)25-19/h5-11H,3-4,12H2,1-2H3,(H,20,21,22). The van der Waals surface area contributed by atoms with Gasteiger partial charge in [0, 0.05) is 0 Å². The van der Waals surface area contributed by atoms with Gasteiger partial charge in [-0.3, -0.25) is 10.1 Å². The molecule has 0 saturated heterocycles. The van der Waals surface area contributed by atoms with Gasteiger partial charge < -0.3 is 9.47 Å². The van der Waals surface area contributed by atoms with Gasteiger partial charge in [0.2, 0.25) is 0 Å². The van der Waals surface area contributed by atoms with E-state index in [0.29, 0.717) is 17.5 Å². The zero-order valence-electron chi connectivity index (χ0n) is 14.2. The van der Waals surface area contributed by atoms with Gasteiger partial charge in [-0.1, -0.05) is 30.4 Å². The lowest BCUT2D eigenvalue weighted by atomic mass is 10.2. The molecule has 6 heteroatoms. The van der Waals surface area contributed by atoms with Crippen LogP contribution >= 0.6 is 11.3 Å². The fraction of sp³-hybridized carbons (Fsp3) is 0.263. The molecule has 0 bridgehead atoms. The number of carbonyl (C=O) groups excluding carboxylic acids is 1. The van der Waals surface area contributed by atoms with E-state index >= 15 is 0 Å². The second kappa shape index (κ2) is 7.98. The van der Waals surface area contributed by atoms with E-state index in [1.165, 1.54) is 16.9 Å². The molecule has 3 rings (SSSR count). The van der Waals surface area contributed by atoms with Gasteiger partial charge in [-0.2, -0.15) is 0 Å². The highest BCUT2D eigenvalue weighted by molar-refractivity contribution is 7.22. The van der Waals surface area contributed by atoms with E-state index in [-0.39, 0.29) is 12.5 Å². The van der Waals surface area contributed by atoms with E-state index in [1.807, 2.05) is 49.4 Å². The second-order valence-corrected chi connectivity index (χ2v) is 6.45. The Kier molecular flexibility index (Phi) is 5.50. The first-order chi connectivity index (χ1) is 12.2. The Morgan fingerprint density at radius 1 is 1.12 bits per heavy atom. The molecule has 1 N–H and O–H groups in total.